The van der Waals surface area contributed by atoms with Crippen LogP contribution in [0.5, 0.6) is 0 Å². The van der Waals surface area contributed by atoms with Crippen LogP contribution < -0.4 is 11.1 Å². The number of nitrogens with one attached hydrogen (secondary N) is 1. The number of anilines is 3. The molecule has 0 unspecified atom stereocenters. The molecule has 2 aromatic carbocycles. The van der Waals surface area contributed by atoms with Crippen molar-refractivity contribution in [2.45, 2.75) is 0 Å². The summed E-state index contributed by atoms with van der Waals surface area (Å²) in [7, 11) is 0. The van der Waals surface area contributed by atoms with Gasteiger partial charge in [-0.15, -0.1) is 0 Å². The summed E-state index contributed by atoms with van der Waals surface area (Å²) in [5.41, 5.74) is 5.68. The van der Waals surface area contributed by atoms with Crippen molar-refractivity contribution in [1.82, 2.24) is 0 Å². The molecule has 3 N–H and O–H groups in total. The summed E-state index contributed by atoms with van der Waals surface area (Å²) in [5, 5.41) is 2.39. The van der Waals surface area contributed by atoms with Gasteiger partial charge in [0.15, 0.2) is 0 Å². The zero-order valence-electron chi connectivity index (χ0n) is 8.98. The maximum atomic E-state index is 13.4. The van der Waals surface area contributed by atoms with E-state index in [0.29, 0.717) is 0 Å². The molecular weight excluding hydrogens is 265 g/mol. The van der Waals surface area contributed by atoms with Crippen molar-refractivity contribution >= 4 is 28.7 Å². The molecule has 0 saturated heterocycles. The quantitative estimate of drug-likeness (QED) is 0.808. The zero-order valence-corrected chi connectivity index (χ0v) is 9.73. The number of rotatable bonds is 2. The Morgan fingerprint density at radius 2 is 1.67 bits per heavy atom. The van der Waals surface area contributed by atoms with Crippen molar-refractivity contribution < 1.29 is 13.2 Å². The molecule has 0 heterocycles. The van der Waals surface area contributed by atoms with Gasteiger partial charge in [0, 0.05) is 12.1 Å². The molecule has 0 bridgehead atoms. The minimum absolute atomic E-state index is 0.0422. The van der Waals surface area contributed by atoms with Crippen LogP contribution in [0, 0.1) is 17.5 Å². The molecule has 0 aromatic heterocycles. The number of hydrogen-bond acceptors (Lipinski definition) is 2. The van der Waals surface area contributed by atoms with Crippen molar-refractivity contribution in [3.8, 4) is 0 Å². The van der Waals surface area contributed by atoms with Gasteiger partial charge in [-0.3, -0.25) is 0 Å². The second-order valence-corrected chi connectivity index (χ2v) is 4.01. The van der Waals surface area contributed by atoms with Crippen LogP contribution in [0.3, 0.4) is 0 Å². The van der Waals surface area contributed by atoms with E-state index < -0.39 is 17.5 Å². The fourth-order valence-corrected chi connectivity index (χ4v) is 1.57. The normalized spacial score (nSPS) is 10.4. The van der Waals surface area contributed by atoms with Crippen molar-refractivity contribution in [3.63, 3.8) is 0 Å². The standard InChI is InChI=1S/C12H8ClF3N2/c13-7-4-12(10(17)5-9(7)16)18-11-3-6(14)1-2-8(11)15/h1-5,18H,17H2. The van der Waals surface area contributed by atoms with E-state index in [9.17, 15) is 13.2 Å². The molecule has 0 atom stereocenters. The van der Waals surface area contributed by atoms with E-state index in [1.807, 2.05) is 0 Å². The molecule has 18 heavy (non-hydrogen) atoms. The Hall–Kier alpha value is -1.88. The molecule has 0 aliphatic rings. The fourth-order valence-electron chi connectivity index (χ4n) is 1.41. The number of nitrogens with two attached hydrogens (primary N) is 1. The molecule has 0 fully saturated rings. The Labute approximate surface area is 106 Å². The molecule has 0 aliphatic heterocycles. The Bertz CT molecular complexity index is 602. The fraction of sp³-hybridized carbons (Fsp3) is 0. The van der Waals surface area contributed by atoms with Gasteiger partial charge in [0.25, 0.3) is 0 Å². The highest BCUT2D eigenvalue weighted by molar-refractivity contribution is 6.31. The summed E-state index contributed by atoms with van der Waals surface area (Å²) < 4.78 is 39.4. The Kier molecular flexibility index (Phi) is 3.34. The van der Waals surface area contributed by atoms with Gasteiger partial charge in [-0.1, -0.05) is 11.6 Å². The monoisotopic (exact) mass is 272 g/mol. The highest BCUT2D eigenvalue weighted by atomic mass is 35.5. The molecule has 6 heteroatoms. The van der Waals surface area contributed by atoms with Gasteiger partial charge in [0.2, 0.25) is 0 Å². The molecule has 2 rings (SSSR count). The van der Waals surface area contributed by atoms with E-state index in [4.69, 9.17) is 17.3 Å². The summed E-state index contributed by atoms with van der Waals surface area (Å²) in [6.45, 7) is 0. The average Bonchev–Trinajstić information content (AvgIpc) is 2.30. The lowest BCUT2D eigenvalue weighted by Gasteiger charge is -2.11. The molecular formula is C12H8ClF3N2. The predicted molar refractivity (Wildman–Crippen MR) is 65.5 cm³/mol. The molecule has 0 spiro atoms. The van der Waals surface area contributed by atoms with Crippen molar-refractivity contribution in [2.75, 3.05) is 11.1 Å². The largest absolute Gasteiger partial charge is 0.397 e. The molecule has 0 amide bonds. The minimum Gasteiger partial charge on any atom is -0.397 e. The molecule has 0 saturated carbocycles. The highest BCUT2D eigenvalue weighted by Gasteiger charge is 2.09. The third-order valence-electron chi connectivity index (χ3n) is 2.29. The summed E-state index contributed by atoms with van der Waals surface area (Å²) >= 11 is 5.58. The zero-order chi connectivity index (χ0) is 13.3. The van der Waals surface area contributed by atoms with Crippen molar-refractivity contribution in [1.29, 1.82) is 0 Å². The SMILES string of the molecule is Nc1cc(F)c(Cl)cc1Nc1cc(F)ccc1F. The van der Waals surface area contributed by atoms with E-state index in [1.165, 1.54) is 6.07 Å². The van der Waals surface area contributed by atoms with Crippen LogP contribution >= 0.6 is 11.6 Å². The predicted octanol–water partition coefficient (Wildman–Crippen LogP) is 4.08. The lowest BCUT2D eigenvalue weighted by atomic mass is 10.2. The lowest BCUT2D eigenvalue weighted by molar-refractivity contribution is 0.603. The maximum Gasteiger partial charge on any atom is 0.146 e. The van der Waals surface area contributed by atoms with Crippen LogP contribution in [0.1, 0.15) is 0 Å². The van der Waals surface area contributed by atoms with Gasteiger partial charge >= 0.3 is 0 Å². The van der Waals surface area contributed by atoms with Crippen LogP contribution in [0.25, 0.3) is 0 Å². The second kappa shape index (κ2) is 4.78. The van der Waals surface area contributed by atoms with Gasteiger partial charge in [0.05, 0.1) is 22.1 Å². The van der Waals surface area contributed by atoms with Crippen LogP contribution in [-0.2, 0) is 0 Å². The van der Waals surface area contributed by atoms with Crippen LogP contribution in [-0.4, -0.2) is 0 Å². The van der Waals surface area contributed by atoms with Crippen molar-refractivity contribution in [3.05, 3.63) is 52.8 Å². The summed E-state index contributed by atoms with van der Waals surface area (Å²) in [4.78, 5) is 0. The summed E-state index contributed by atoms with van der Waals surface area (Å²) in [6.07, 6.45) is 0. The van der Waals surface area contributed by atoms with Gasteiger partial charge in [0.1, 0.15) is 17.5 Å². The Morgan fingerprint density at radius 1 is 0.944 bits per heavy atom. The van der Waals surface area contributed by atoms with Gasteiger partial charge in [-0.05, 0) is 18.2 Å². The number of nitrogen functional groups attached to an aromatic ring is 1. The number of halogens is 4. The second-order valence-electron chi connectivity index (χ2n) is 3.60. The smallest absolute Gasteiger partial charge is 0.146 e. The maximum absolute atomic E-state index is 13.4. The third-order valence-corrected chi connectivity index (χ3v) is 2.58. The van der Waals surface area contributed by atoms with Crippen molar-refractivity contribution in [2.24, 2.45) is 0 Å². The number of benzene rings is 2. The topological polar surface area (TPSA) is 38.0 Å². The molecule has 94 valence electrons. The summed E-state index contributed by atoms with van der Waals surface area (Å²) in [6, 6.07) is 5.13. The summed E-state index contributed by atoms with van der Waals surface area (Å²) in [5.74, 6) is -1.94. The average molecular weight is 273 g/mol. The Morgan fingerprint density at radius 3 is 2.39 bits per heavy atom. The van der Waals surface area contributed by atoms with Gasteiger partial charge < -0.3 is 11.1 Å². The van der Waals surface area contributed by atoms with Crippen LogP contribution in [0.15, 0.2) is 30.3 Å². The van der Waals surface area contributed by atoms with E-state index in [1.54, 1.807) is 0 Å². The minimum atomic E-state index is -0.681. The third kappa shape index (κ3) is 2.51. The first-order valence-corrected chi connectivity index (χ1v) is 5.32. The molecule has 0 aliphatic carbocycles. The first kappa shape index (κ1) is 12.6. The van der Waals surface area contributed by atoms with Gasteiger partial charge in [-0.25, -0.2) is 13.2 Å². The molecule has 2 aromatic rings. The van der Waals surface area contributed by atoms with E-state index in [2.05, 4.69) is 5.32 Å². The lowest BCUT2D eigenvalue weighted by Crippen LogP contribution is -1.99. The molecule has 2 nitrogen and oxygen atoms in total. The highest BCUT2D eigenvalue weighted by Crippen LogP contribution is 2.30. The first-order valence-electron chi connectivity index (χ1n) is 4.94. The molecule has 0 radical (unpaired) electrons. The van der Waals surface area contributed by atoms with E-state index >= 15 is 0 Å². The van der Waals surface area contributed by atoms with E-state index in [-0.39, 0.29) is 22.1 Å². The number of hydrogen-bond donors (Lipinski definition) is 2. The Balaban J connectivity index is 2.40. The van der Waals surface area contributed by atoms with Gasteiger partial charge in [-0.2, -0.15) is 0 Å². The van der Waals surface area contributed by atoms with Crippen LogP contribution in [0.4, 0.5) is 30.2 Å². The van der Waals surface area contributed by atoms with E-state index in [0.717, 1.165) is 24.3 Å². The van der Waals surface area contributed by atoms with Crippen LogP contribution in [0.2, 0.25) is 5.02 Å². The first-order chi connectivity index (χ1) is 8.47.